The number of allylic oxidation sites excluding steroid dienone is 2. The van der Waals surface area contributed by atoms with Gasteiger partial charge in [0.15, 0.2) is 0 Å². The summed E-state index contributed by atoms with van der Waals surface area (Å²) in [5.74, 6) is -3.87. The average molecular weight is 599 g/mol. The molecule has 2 atom stereocenters. The summed E-state index contributed by atoms with van der Waals surface area (Å²) in [6.07, 6.45) is 8.10. The molecule has 1 saturated heterocycles. The lowest BCUT2D eigenvalue weighted by atomic mass is 9.85. The first-order valence-electron chi connectivity index (χ1n) is 14.7. The van der Waals surface area contributed by atoms with E-state index in [9.17, 15) is 29.7 Å². The summed E-state index contributed by atoms with van der Waals surface area (Å²) >= 11 is 0. The summed E-state index contributed by atoms with van der Waals surface area (Å²) in [7, 11) is 0. The summed E-state index contributed by atoms with van der Waals surface area (Å²) in [6.45, 7) is 13.8. The van der Waals surface area contributed by atoms with Crippen LogP contribution in [0.2, 0.25) is 0 Å². The highest BCUT2D eigenvalue weighted by Crippen LogP contribution is 2.42. The van der Waals surface area contributed by atoms with Crippen molar-refractivity contribution < 1.29 is 29.7 Å². The number of hydrogen-bond donors (Lipinski definition) is 7. The normalized spacial score (nSPS) is 17.4. The number of aliphatic carboxylic acids is 2. The SMILES string of the molecule is C=Cc1c2[nH]c(c1C)C=C1NC(=C(CC(=O)O)c3[nH]c(c(C)c3C(=O)O)C=c3[nH]c(c(C)c3CC)=C2)[C@@H](CCC(=O)O)[C@@H]1C. The van der Waals surface area contributed by atoms with Gasteiger partial charge in [0.1, 0.15) is 0 Å². The van der Waals surface area contributed by atoms with E-state index in [2.05, 4.69) is 39.8 Å². The summed E-state index contributed by atoms with van der Waals surface area (Å²) in [5, 5.41) is 35.1. The summed E-state index contributed by atoms with van der Waals surface area (Å²) < 4.78 is 0. The standard InChI is InChI=1S/C34H38N4O6/c1-7-19-15(3)23-12-25-17(5)21(9-10-29(39)40)32(37-25)22(11-30(41)42)33-31(34(43)44)18(6)26(38-33)14-28-20(8-2)16(4)24(36-28)13-27(19)35-23/h7,12-14,17,21,35-38H,1,8-11H2,2-6H3,(H,39,40)(H,41,42)(H,43,44)/t17-,21-/m0/s1. The number of rotatable bonds is 8. The zero-order valence-corrected chi connectivity index (χ0v) is 25.6. The topological polar surface area (TPSA) is 171 Å². The minimum Gasteiger partial charge on any atom is -0.481 e. The third kappa shape index (κ3) is 5.21. The molecule has 3 aromatic heterocycles. The summed E-state index contributed by atoms with van der Waals surface area (Å²) in [6, 6.07) is 0. The zero-order valence-electron chi connectivity index (χ0n) is 25.6. The van der Waals surface area contributed by atoms with Gasteiger partial charge in [-0.2, -0.15) is 0 Å². The first kappa shape index (κ1) is 30.5. The van der Waals surface area contributed by atoms with Crippen molar-refractivity contribution >= 4 is 47.8 Å². The van der Waals surface area contributed by atoms with Crippen LogP contribution in [0.1, 0.15) is 94.1 Å². The predicted octanol–water partition coefficient (Wildman–Crippen LogP) is 4.42. The summed E-state index contributed by atoms with van der Waals surface area (Å²) in [4.78, 5) is 47.0. The first-order valence-corrected chi connectivity index (χ1v) is 14.7. The van der Waals surface area contributed by atoms with Crippen molar-refractivity contribution in [2.75, 3.05) is 0 Å². The second kappa shape index (κ2) is 11.6. The van der Waals surface area contributed by atoms with E-state index in [1.165, 1.54) is 0 Å². The minimum atomic E-state index is -1.18. The fourth-order valence-corrected chi connectivity index (χ4v) is 6.71. The highest BCUT2D eigenvalue weighted by Gasteiger charge is 2.37. The first-order chi connectivity index (χ1) is 20.9. The minimum absolute atomic E-state index is 0.0126. The number of carboxylic acids is 3. The van der Waals surface area contributed by atoms with Gasteiger partial charge >= 0.3 is 17.9 Å². The van der Waals surface area contributed by atoms with E-state index in [1.807, 2.05) is 39.0 Å². The third-order valence-corrected chi connectivity index (χ3v) is 9.12. The highest BCUT2D eigenvalue weighted by molar-refractivity contribution is 5.99. The van der Waals surface area contributed by atoms with E-state index in [0.29, 0.717) is 22.5 Å². The molecule has 0 amide bonds. The molecular weight excluding hydrogens is 560 g/mol. The largest absolute Gasteiger partial charge is 0.481 e. The predicted molar refractivity (Wildman–Crippen MR) is 169 cm³/mol. The maximum absolute atomic E-state index is 12.7. The van der Waals surface area contributed by atoms with Crippen LogP contribution in [0.15, 0.2) is 18.0 Å². The summed E-state index contributed by atoms with van der Waals surface area (Å²) in [5.41, 5.74) is 8.56. The van der Waals surface area contributed by atoms with E-state index in [4.69, 9.17) is 0 Å². The molecule has 0 saturated carbocycles. The monoisotopic (exact) mass is 598 g/mol. The van der Waals surface area contributed by atoms with E-state index in [0.717, 1.165) is 56.5 Å². The maximum atomic E-state index is 12.7. The molecule has 1 fully saturated rings. The van der Waals surface area contributed by atoms with Gasteiger partial charge in [0.05, 0.1) is 17.7 Å². The second-order valence-electron chi connectivity index (χ2n) is 11.6. The van der Waals surface area contributed by atoms with Gasteiger partial charge in [-0.3, -0.25) is 9.59 Å². The van der Waals surface area contributed by atoms with Gasteiger partial charge in [0, 0.05) is 68.6 Å². The molecular formula is C34H38N4O6. The van der Waals surface area contributed by atoms with Crippen molar-refractivity contribution in [2.45, 2.75) is 60.3 Å². The Morgan fingerprint density at radius 2 is 1.57 bits per heavy atom. The number of carboxylic acid groups (broad SMARTS) is 3. The Hall–Kier alpha value is -4.99. The molecule has 0 spiro atoms. The van der Waals surface area contributed by atoms with Crippen LogP contribution in [0.3, 0.4) is 0 Å². The highest BCUT2D eigenvalue weighted by atomic mass is 16.4. The van der Waals surface area contributed by atoms with Crippen LogP contribution >= 0.6 is 0 Å². The van der Waals surface area contributed by atoms with Crippen molar-refractivity contribution in [3.8, 4) is 0 Å². The van der Waals surface area contributed by atoms with Crippen LogP contribution in [0.4, 0.5) is 0 Å². The molecule has 2 aliphatic rings. The van der Waals surface area contributed by atoms with Gasteiger partial charge in [0.25, 0.3) is 0 Å². The number of hydrogen-bond acceptors (Lipinski definition) is 4. The molecule has 3 aromatic rings. The molecule has 0 aliphatic carbocycles. The third-order valence-electron chi connectivity index (χ3n) is 9.12. The lowest BCUT2D eigenvalue weighted by Crippen LogP contribution is -2.16. The molecule has 0 aromatic carbocycles. The number of aromatic amines is 3. The number of aromatic nitrogens is 3. The van der Waals surface area contributed by atoms with Crippen LogP contribution in [0.25, 0.3) is 29.9 Å². The molecule has 230 valence electrons. The van der Waals surface area contributed by atoms with Crippen molar-refractivity contribution in [1.82, 2.24) is 20.3 Å². The van der Waals surface area contributed by atoms with Crippen molar-refractivity contribution in [3.63, 3.8) is 0 Å². The second-order valence-corrected chi connectivity index (χ2v) is 11.6. The van der Waals surface area contributed by atoms with Gasteiger partial charge in [0.2, 0.25) is 0 Å². The fourth-order valence-electron chi connectivity index (χ4n) is 6.71. The van der Waals surface area contributed by atoms with Gasteiger partial charge in [-0.1, -0.05) is 26.5 Å². The number of H-pyrrole nitrogens is 3. The molecule has 5 heterocycles. The Morgan fingerprint density at radius 1 is 0.886 bits per heavy atom. The smallest absolute Gasteiger partial charge is 0.338 e. The van der Waals surface area contributed by atoms with E-state index >= 15 is 0 Å². The Balaban J connectivity index is 1.94. The quantitative estimate of drug-likeness (QED) is 0.201. The van der Waals surface area contributed by atoms with Crippen LogP contribution < -0.4 is 16.0 Å². The molecule has 0 unspecified atom stereocenters. The van der Waals surface area contributed by atoms with E-state index < -0.39 is 24.3 Å². The van der Waals surface area contributed by atoms with Gasteiger partial charge in [-0.05, 0) is 74.1 Å². The van der Waals surface area contributed by atoms with Gasteiger partial charge in [-0.15, -0.1) is 0 Å². The van der Waals surface area contributed by atoms with E-state index in [1.54, 1.807) is 6.92 Å². The lowest BCUT2D eigenvalue weighted by Gasteiger charge is -2.18. The number of nitrogens with one attached hydrogen (secondary N) is 4. The molecule has 8 bridgehead atoms. The molecule has 5 rings (SSSR count). The van der Waals surface area contributed by atoms with Crippen LogP contribution in [-0.2, 0) is 16.0 Å². The molecule has 44 heavy (non-hydrogen) atoms. The molecule has 0 radical (unpaired) electrons. The van der Waals surface area contributed by atoms with Crippen LogP contribution in [0, 0.1) is 32.6 Å². The number of fused-ring (bicyclic) bond motifs is 8. The maximum Gasteiger partial charge on any atom is 0.338 e. The molecule has 10 heteroatoms. The Morgan fingerprint density at radius 3 is 2.18 bits per heavy atom. The lowest BCUT2D eigenvalue weighted by molar-refractivity contribution is -0.137. The van der Waals surface area contributed by atoms with Gasteiger partial charge < -0.3 is 35.6 Å². The molecule has 10 nitrogen and oxygen atoms in total. The van der Waals surface area contributed by atoms with Crippen molar-refractivity contribution in [3.05, 3.63) is 84.8 Å². The molecule has 7 N–H and O–H groups in total. The van der Waals surface area contributed by atoms with E-state index in [-0.39, 0.29) is 35.9 Å². The van der Waals surface area contributed by atoms with Crippen LogP contribution in [0.5, 0.6) is 0 Å². The average Bonchev–Trinajstić information content (AvgIpc) is 3.63. The van der Waals surface area contributed by atoms with Crippen molar-refractivity contribution in [1.29, 1.82) is 0 Å². The number of carbonyl (C=O) groups is 3. The Labute approximate surface area is 254 Å². The van der Waals surface area contributed by atoms with Gasteiger partial charge in [-0.25, -0.2) is 4.79 Å². The molecule has 2 aliphatic heterocycles. The Bertz CT molecular complexity index is 1910. The fraction of sp³-hybridized carbons (Fsp3) is 0.324. The van der Waals surface area contributed by atoms with Crippen molar-refractivity contribution in [2.24, 2.45) is 11.8 Å². The van der Waals surface area contributed by atoms with Crippen LogP contribution in [-0.4, -0.2) is 48.2 Å². The number of aromatic carboxylic acids is 1. The zero-order chi connectivity index (χ0) is 32.0. The Kier molecular flexibility index (Phi) is 8.03.